The predicted octanol–water partition coefficient (Wildman–Crippen LogP) is 3.40. The van der Waals surface area contributed by atoms with Gasteiger partial charge in [0.1, 0.15) is 0 Å². The fraction of sp³-hybridized carbons (Fsp3) is 0.789. The summed E-state index contributed by atoms with van der Waals surface area (Å²) in [7, 11) is 0. The smallest absolute Gasteiger partial charge is 0.223 e. The van der Waals surface area contributed by atoms with Gasteiger partial charge in [0.2, 0.25) is 5.91 Å². The number of nitrogens with zero attached hydrogens (tertiary/aromatic N) is 1. The fourth-order valence-corrected chi connectivity index (χ4v) is 5.45. The molecule has 24 heavy (non-hydrogen) atoms. The number of hydrogen-bond donors (Lipinski definition) is 2. The van der Waals surface area contributed by atoms with E-state index >= 15 is 0 Å². The van der Waals surface area contributed by atoms with E-state index in [1.807, 2.05) is 6.92 Å². The number of carbonyl (C=O) groups is 1. The van der Waals surface area contributed by atoms with Gasteiger partial charge in [-0.1, -0.05) is 20.3 Å². The highest BCUT2D eigenvalue weighted by atomic mass is 32.1. The summed E-state index contributed by atoms with van der Waals surface area (Å²) in [5, 5.41) is 7.14. The van der Waals surface area contributed by atoms with Crippen molar-refractivity contribution < 1.29 is 4.79 Å². The first-order chi connectivity index (χ1) is 11.5. The van der Waals surface area contributed by atoms with Gasteiger partial charge in [-0.05, 0) is 62.0 Å². The molecule has 0 saturated heterocycles. The third-order valence-corrected chi connectivity index (χ3v) is 8.01. The van der Waals surface area contributed by atoms with Crippen LogP contribution in [0.2, 0.25) is 0 Å². The zero-order valence-electron chi connectivity index (χ0n) is 15.0. The largest absolute Gasteiger partial charge is 0.352 e. The Morgan fingerprint density at radius 1 is 1.42 bits per heavy atom. The van der Waals surface area contributed by atoms with Gasteiger partial charge in [0.05, 0.1) is 5.69 Å². The van der Waals surface area contributed by atoms with E-state index in [0.717, 1.165) is 31.5 Å². The van der Waals surface area contributed by atoms with Crippen molar-refractivity contribution in [2.24, 2.45) is 16.7 Å². The maximum absolute atomic E-state index is 12.6. The number of aromatic nitrogens is 1. The summed E-state index contributed by atoms with van der Waals surface area (Å²) in [5.41, 5.74) is 1.70. The van der Waals surface area contributed by atoms with Crippen molar-refractivity contribution in [3.63, 3.8) is 0 Å². The molecule has 3 fully saturated rings. The lowest BCUT2D eigenvalue weighted by Crippen LogP contribution is -2.70. The summed E-state index contributed by atoms with van der Waals surface area (Å²) in [6.07, 6.45) is 7.08. The highest BCUT2D eigenvalue weighted by Crippen LogP contribution is 2.58. The van der Waals surface area contributed by atoms with Crippen LogP contribution >= 0.6 is 11.5 Å². The molecular weight excluding hydrogens is 318 g/mol. The lowest BCUT2D eigenvalue weighted by molar-refractivity contribution is -0.131. The van der Waals surface area contributed by atoms with E-state index < -0.39 is 0 Å². The molecule has 0 aliphatic heterocycles. The standard InChI is InChI=1S/C19H29N3OS/c1-4-18(3)10-14(18)17(23)21-16-9-15(19(16)6-5-7-19)20-11-13-8-12(2)22-24-13/h8,14-16,20H,4-7,9-11H2,1-3H3,(H,21,23). The Morgan fingerprint density at radius 3 is 2.75 bits per heavy atom. The van der Waals surface area contributed by atoms with Crippen molar-refractivity contribution in [1.82, 2.24) is 15.0 Å². The molecule has 1 aromatic rings. The van der Waals surface area contributed by atoms with Gasteiger partial charge in [-0.25, -0.2) is 0 Å². The van der Waals surface area contributed by atoms with Crippen LogP contribution in [-0.2, 0) is 11.3 Å². The summed E-state index contributed by atoms with van der Waals surface area (Å²) in [5.74, 6) is 0.568. The molecule has 0 radical (unpaired) electrons. The highest BCUT2D eigenvalue weighted by Gasteiger charge is 2.60. The van der Waals surface area contributed by atoms with Crippen molar-refractivity contribution in [3.05, 3.63) is 16.6 Å². The minimum Gasteiger partial charge on any atom is -0.352 e. The lowest BCUT2D eigenvalue weighted by Gasteiger charge is -2.62. The highest BCUT2D eigenvalue weighted by molar-refractivity contribution is 7.05. The average molecular weight is 348 g/mol. The van der Waals surface area contributed by atoms with Gasteiger partial charge in [-0.2, -0.15) is 4.37 Å². The Morgan fingerprint density at radius 2 is 2.21 bits per heavy atom. The quantitative estimate of drug-likeness (QED) is 0.829. The van der Waals surface area contributed by atoms with E-state index in [1.54, 1.807) is 11.5 Å². The molecule has 3 saturated carbocycles. The molecule has 0 bridgehead atoms. The monoisotopic (exact) mass is 347 g/mol. The van der Waals surface area contributed by atoms with Gasteiger partial charge < -0.3 is 10.6 Å². The molecule has 5 heteroatoms. The second-order valence-electron chi connectivity index (χ2n) is 8.52. The minimum absolute atomic E-state index is 0.256. The van der Waals surface area contributed by atoms with Crippen LogP contribution in [0.4, 0.5) is 0 Å². The Balaban J connectivity index is 1.31. The summed E-state index contributed by atoms with van der Waals surface area (Å²) in [6, 6.07) is 3.11. The van der Waals surface area contributed by atoms with Crippen molar-refractivity contribution in [1.29, 1.82) is 0 Å². The molecule has 4 nitrogen and oxygen atoms in total. The Hall–Kier alpha value is -0.940. The molecule has 3 aliphatic rings. The molecule has 3 aliphatic carbocycles. The Bertz CT molecular complexity index is 638. The maximum atomic E-state index is 12.6. The average Bonchev–Trinajstić information content (AvgIpc) is 3.01. The molecule has 132 valence electrons. The van der Waals surface area contributed by atoms with Crippen LogP contribution in [0, 0.1) is 23.7 Å². The number of rotatable bonds is 6. The van der Waals surface area contributed by atoms with Crippen molar-refractivity contribution in [2.45, 2.75) is 77.9 Å². The van der Waals surface area contributed by atoms with Gasteiger partial charge in [0.15, 0.2) is 0 Å². The minimum atomic E-state index is 0.256. The molecule has 0 aromatic carbocycles. The van der Waals surface area contributed by atoms with Gasteiger partial charge in [-0.15, -0.1) is 0 Å². The molecule has 1 spiro atoms. The van der Waals surface area contributed by atoms with Crippen LogP contribution in [0.1, 0.15) is 62.9 Å². The lowest BCUT2D eigenvalue weighted by atomic mass is 9.49. The molecule has 1 amide bonds. The fourth-order valence-electron chi connectivity index (χ4n) is 4.76. The Labute approximate surface area is 149 Å². The van der Waals surface area contributed by atoms with Crippen LogP contribution in [0.25, 0.3) is 0 Å². The van der Waals surface area contributed by atoms with Gasteiger partial charge in [-0.3, -0.25) is 4.79 Å². The maximum Gasteiger partial charge on any atom is 0.223 e. The van der Waals surface area contributed by atoms with E-state index in [4.69, 9.17) is 0 Å². The summed E-state index contributed by atoms with van der Waals surface area (Å²) < 4.78 is 4.36. The van der Waals surface area contributed by atoms with E-state index in [2.05, 4.69) is 34.9 Å². The zero-order valence-corrected chi connectivity index (χ0v) is 15.8. The van der Waals surface area contributed by atoms with Gasteiger partial charge >= 0.3 is 0 Å². The van der Waals surface area contributed by atoms with Crippen molar-refractivity contribution >= 4 is 17.4 Å². The normalized spacial score (nSPS) is 36.0. The summed E-state index contributed by atoms with van der Waals surface area (Å²) in [6.45, 7) is 7.41. The van der Waals surface area contributed by atoms with E-state index in [1.165, 1.54) is 24.1 Å². The number of nitrogens with one attached hydrogen (secondary N) is 2. The van der Waals surface area contributed by atoms with Gasteiger partial charge in [0.25, 0.3) is 0 Å². The summed E-state index contributed by atoms with van der Waals surface area (Å²) >= 11 is 1.60. The third kappa shape index (κ3) is 2.60. The van der Waals surface area contributed by atoms with Crippen LogP contribution in [0.15, 0.2) is 6.07 Å². The molecule has 2 N–H and O–H groups in total. The molecule has 1 aromatic heterocycles. The van der Waals surface area contributed by atoms with Crippen molar-refractivity contribution in [3.8, 4) is 0 Å². The van der Waals surface area contributed by atoms with E-state index in [9.17, 15) is 4.79 Å². The first-order valence-electron chi connectivity index (χ1n) is 9.43. The van der Waals surface area contributed by atoms with E-state index in [0.29, 0.717) is 23.4 Å². The zero-order chi connectivity index (χ0) is 16.9. The summed E-state index contributed by atoms with van der Waals surface area (Å²) in [4.78, 5) is 13.9. The predicted molar refractivity (Wildman–Crippen MR) is 96.8 cm³/mol. The van der Waals surface area contributed by atoms with Crippen LogP contribution in [0.5, 0.6) is 0 Å². The molecule has 4 atom stereocenters. The Kier molecular flexibility index (Phi) is 4.00. The molecular formula is C19H29N3OS. The topological polar surface area (TPSA) is 54.0 Å². The number of aryl methyl sites for hydroxylation is 1. The molecule has 1 heterocycles. The number of hydrogen-bond acceptors (Lipinski definition) is 4. The third-order valence-electron chi connectivity index (χ3n) is 7.14. The van der Waals surface area contributed by atoms with Crippen molar-refractivity contribution in [2.75, 3.05) is 0 Å². The second kappa shape index (κ2) is 5.80. The SMILES string of the molecule is CCC1(C)CC1C(=O)NC1CC(NCc2cc(C)ns2)C12CCC2. The van der Waals surface area contributed by atoms with E-state index in [-0.39, 0.29) is 11.3 Å². The second-order valence-corrected chi connectivity index (χ2v) is 9.41. The number of amides is 1. The number of carbonyl (C=O) groups excluding carboxylic acids is 1. The first kappa shape index (κ1) is 16.5. The van der Waals surface area contributed by atoms with Gasteiger partial charge in [0, 0.05) is 34.8 Å². The molecule has 4 unspecified atom stereocenters. The van der Waals surface area contributed by atoms with Crippen LogP contribution in [0.3, 0.4) is 0 Å². The molecule has 4 rings (SSSR count). The van der Waals surface area contributed by atoms with Crippen LogP contribution < -0.4 is 10.6 Å². The first-order valence-corrected chi connectivity index (χ1v) is 10.2. The van der Waals surface area contributed by atoms with Crippen LogP contribution in [-0.4, -0.2) is 22.4 Å².